The van der Waals surface area contributed by atoms with Crippen LogP contribution in [-0.4, -0.2) is 48.6 Å². The van der Waals surface area contributed by atoms with E-state index in [-0.39, 0.29) is 43.2 Å². The fourth-order valence-electron chi connectivity index (χ4n) is 2.65. The minimum Gasteiger partial charge on any atom is -0.388 e. The lowest BCUT2D eigenvalue weighted by Crippen LogP contribution is -2.44. The van der Waals surface area contributed by atoms with Gasteiger partial charge in [-0.1, -0.05) is 12.1 Å². The van der Waals surface area contributed by atoms with E-state index in [1.165, 1.54) is 0 Å². The highest BCUT2D eigenvalue weighted by Crippen LogP contribution is 2.27. The molecule has 0 saturated carbocycles. The minimum atomic E-state index is -0.606. The van der Waals surface area contributed by atoms with Gasteiger partial charge in [-0.2, -0.15) is 0 Å². The molecule has 21 heavy (non-hydrogen) atoms. The van der Waals surface area contributed by atoms with Crippen LogP contribution in [0.5, 0.6) is 0 Å². The highest BCUT2D eigenvalue weighted by molar-refractivity contribution is 5.94. The van der Waals surface area contributed by atoms with Crippen LogP contribution in [0.25, 0.3) is 0 Å². The zero-order valence-electron chi connectivity index (χ0n) is 11.4. The largest absolute Gasteiger partial charge is 0.388 e. The third-order valence-corrected chi connectivity index (χ3v) is 3.80. The number of halogens is 1. The predicted molar refractivity (Wildman–Crippen MR) is 78.3 cm³/mol. The van der Waals surface area contributed by atoms with Crippen molar-refractivity contribution in [3.8, 4) is 0 Å². The number of ether oxygens (including phenoxy) is 2. The van der Waals surface area contributed by atoms with Gasteiger partial charge in [-0.3, -0.25) is 4.79 Å². The van der Waals surface area contributed by atoms with E-state index in [1.807, 2.05) is 12.1 Å². The van der Waals surface area contributed by atoms with E-state index in [1.54, 1.807) is 12.1 Å². The molecule has 7 heteroatoms. The molecule has 6 nitrogen and oxygen atoms in total. The predicted octanol–water partition coefficient (Wildman–Crippen LogP) is -0.176. The zero-order valence-corrected chi connectivity index (χ0v) is 12.2. The van der Waals surface area contributed by atoms with Crippen molar-refractivity contribution in [2.75, 3.05) is 13.2 Å². The molecular weight excluding hydrogens is 296 g/mol. The SMILES string of the molecule is Cl.NCc1ccc(C(=O)N[C@H]2CO[C@H]3[C@@H]2OC[C@H]3O)cc1. The minimum absolute atomic E-state index is 0. The van der Waals surface area contributed by atoms with E-state index in [2.05, 4.69) is 5.32 Å². The summed E-state index contributed by atoms with van der Waals surface area (Å²) < 4.78 is 10.9. The van der Waals surface area contributed by atoms with Gasteiger partial charge in [0.15, 0.2) is 0 Å². The highest BCUT2D eigenvalue weighted by atomic mass is 35.5. The number of carbonyl (C=O) groups is 1. The second kappa shape index (κ2) is 6.72. The fourth-order valence-corrected chi connectivity index (χ4v) is 2.65. The van der Waals surface area contributed by atoms with Crippen LogP contribution in [-0.2, 0) is 16.0 Å². The molecule has 1 amide bonds. The number of amides is 1. The van der Waals surface area contributed by atoms with Gasteiger partial charge >= 0.3 is 0 Å². The number of aliphatic hydroxyl groups is 1. The Balaban J connectivity index is 0.00000161. The Morgan fingerprint density at radius 3 is 2.57 bits per heavy atom. The molecule has 2 aliphatic rings. The fraction of sp³-hybridized carbons (Fsp3) is 0.500. The van der Waals surface area contributed by atoms with Crippen molar-refractivity contribution in [1.29, 1.82) is 0 Å². The molecule has 2 aliphatic heterocycles. The molecule has 0 aromatic heterocycles. The number of benzene rings is 1. The lowest BCUT2D eigenvalue weighted by Gasteiger charge is -2.17. The molecule has 2 fully saturated rings. The smallest absolute Gasteiger partial charge is 0.251 e. The Morgan fingerprint density at radius 2 is 1.90 bits per heavy atom. The molecule has 2 heterocycles. The summed E-state index contributed by atoms with van der Waals surface area (Å²) in [6.45, 7) is 1.07. The Labute approximate surface area is 129 Å². The van der Waals surface area contributed by atoms with Crippen molar-refractivity contribution < 1.29 is 19.4 Å². The number of carbonyl (C=O) groups excluding carboxylic acids is 1. The Hall–Kier alpha value is -1.18. The number of nitrogens with two attached hydrogens (primary N) is 1. The highest BCUT2D eigenvalue weighted by Gasteiger charge is 2.47. The van der Waals surface area contributed by atoms with Gasteiger partial charge < -0.3 is 25.6 Å². The van der Waals surface area contributed by atoms with Gasteiger partial charge in [-0.25, -0.2) is 0 Å². The molecular formula is C14H19ClN2O4. The second-order valence-electron chi connectivity index (χ2n) is 5.14. The number of hydrogen-bond donors (Lipinski definition) is 3. The Morgan fingerprint density at radius 1 is 1.24 bits per heavy atom. The van der Waals surface area contributed by atoms with Crippen LogP contribution in [0.4, 0.5) is 0 Å². The first-order chi connectivity index (χ1) is 9.69. The van der Waals surface area contributed by atoms with Crippen LogP contribution in [0.2, 0.25) is 0 Å². The van der Waals surface area contributed by atoms with Crippen molar-refractivity contribution in [2.45, 2.75) is 30.9 Å². The van der Waals surface area contributed by atoms with Crippen LogP contribution in [0, 0.1) is 0 Å². The molecule has 1 aromatic rings. The van der Waals surface area contributed by atoms with Gasteiger partial charge in [0.2, 0.25) is 0 Å². The van der Waals surface area contributed by atoms with Crippen LogP contribution in [0.3, 0.4) is 0 Å². The molecule has 4 atom stereocenters. The molecule has 0 bridgehead atoms. The standard InChI is InChI=1S/C14H18N2O4.ClH/c15-5-8-1-3-9(4-2-8)14(18)16-10-6-19-13-11(17)7-20-12(10)13;/h1-4,10-13,17H,5-7,15H2,(H,16,18);1H/t10-,11+,12+,13+;/m0./s1. The molecule has 2 saturated heterocycles. The third kappa shape index (κ3) is 3.20. The monoisotopic (exact) mass is 314 g/mol. The second-order valence-corrected chi connectivity index (χ2v) is 5.14. The zero-order chi connectivity index (χ0) is 14.1. The summed E-state index contributed by atoms with van der Waals surface area (Å²) in [6.07, 6.45) is -1.21. The number of nitrogens with one attached hydrogen (secondary N) is 1. The first kappa shape index (κ1) is 16.2. The first-order valence-corrected chi connectivity index (χ1v) is 6.70. The molecule has 0 unspecified atom stereocenters. The lowest BCUT2D eigenvalue weighted by atomic mass is 10.1. The molecule has 116 valence electrons. The van der Waals surface area contributed by atoms with E-state index in [9.17, 15) is 9.90 Å². The molecule has 3 rings (SSSR count). The van der Waals surface area contributed by atoms with Gasteiger partial charge in [-0.05, 0) is 17.7 Å². The van der Waals surface area contributed by atoms with Gasteiger partial charge in [0.1, 0.15) is 18.3 Å². The van der Waals surface area contributed by atoms with Gasteiger partial charge in [0, 0.05) is 12.1 Å². The summed E-state index contributed by atoms with van der Waals surface area (Å²) in [5.41, 5.74) is 7.08. The van der Waals surface area contributed by atoms with Crippen molar-refractivity contribution in [1.82, 2.24) is 5.32 Å². The summed E-state index contributed by atoms with van der Waals surface area (Å²) in [7, 11) is 0. The van der Waals surface area contributed by atoms with Crippen molar-refractivity contribution in [2.24, 2.45) is 5.73 Å². The number of aliphatic hydroxyl groups excluding tert-OH is 1. The van der Waals surface area contributed by atoms with E-state index in [0.29, 0.717) is 18.7 Å². The molecule has 0 radical (unpaired) electrons. The lowest BCUT2D eigenvalue weighted by molar-refractivity contribution is 0.0178. The van der Waals surface area contributed by atoms with Crippen LogP contribution in [0.15, 0.2) is 24.3 Å². The average Bonchev–Trinajstić information content (AvgIpc) is 3.03. The van der Waals surface area contributed by atoms with E-state index >= 15 is 0 Å². The Kier molecular flexibility index (Phi) is 5.18. The maximum Gasteiger partial charge on any atom is 0.251 e. The summed E-state index contributed by atoms with van der Waals surface area (Å²) in [6, 6.07) is 6.93. The molecule has 0 spiro atoms. The molecule has 0 aliphatic carbocycles. The summed E-state index contributed by atoms with van der Waals surface area (Å²) in [5, 5.41) is 12.5. The topological polar surface area (TPSA) is 93.8 Å². The van der Waals surface area contributed by atoms with E-state index in [0.717, 1.165) is 5.56 Å². The summed E-state index contributed by atoms with van der Waals surface area (Å²) in [4.78, 5) is 12.2. The maximum atomic E-state index is 12.2. The van der Waals surface area contributed by atoms with Crippen LogP contribution in [0.1, 0.15) is 15.9 Å². The quantitative estimate of drug-likeness (QED) is 0.720. The third-order valence-electron chi connectivity index (χ3n) is 3.80. The van der Waals surface area contributed by atoms with Crippen molar-refractivity contribution in [3.63, 3.8) is 0 Å². The van der Waals surface area contributed by atoms with Gasteiger partial charge in [0.05, 0.1) is 19.3 Å². The summed E-state index contributed by atoms with van der Waals surface area (Å²) in [5.74, 6) is -0.173. The van der Waals surface area contributed by atoms with Crippen LogP contribution >= 0.6 is 12.4 Å². The van der Waals surface area contributed by atoms with E-state index in [4.69, 9.17) is 15.2 Å². The number of rotatable bonds is 3. The van der Waals surface area contributed by atoms with Crippen molar-refractivity contribution in [3.05, 3.63) is 35.4 Å². The summed E-state index contributed by atoms with van der Waals surface area (Å²) >= 11 is 0. The molecule has 1 aromatic carbocycles. The normalized spacial score (nSPS) is 30.6. The van der Waals surface area contributed by atoms with Gasteiger partial charge in [-0.15, -0.1) is 12.4 Å². The molecule has 4 N–H and O–H groups in total. The maximum absolute atomic E-state index is 12.2. The first-order valence-electron chi connectivity index (χ1n) is 6.70. The van der Waals surface area contributed by atoms with Crippen LogP contribution < -0.4 is 11.1 Å². The van der Waals surface area contributed by atoms with E-state index < -0.39 is 6.10 Å². The van der Waals surface area contributed by atoms with Crippen molar-refractivity contribution >= 4 is 18.3 Å². The Bertz CT molecular complexity index is 496. The number of hydrogen-bond acceptors (Lipinski definition) is 5. The number of fused-ring (bicyclic) bond motifs is 1. The van der Waals surface area contributed by atoms with Gasteiger partial charge in [0.25, 0.3) is 5.91 Å². The average molecular weight is 315 g/mol.